The van der Waals surface area contributed by atoms with Gasteiger partial charge in [-0.2, -0.15) is 0 Å². The van der Waals surface area contributed by atoms with E-state index in [0.717, 1.165) is 0 Å². The first-order chi connectivity index (χ1) is 12.1. The first-order valence-electron chi connectivity index (χ1n) is 10.1. The molecule has 2 rings (SSSR count). The van der Waals surface area contributed by atoms with E-state index >= 15 is 0 Å². The van der Waals surface area contributed by atoms with E-state index in [4.69, 9.17) is 0 Å². The molecule has 2 fully saturated rings. The quantitative estimate of drug-likeness (QED) is 0.275. The van der Waals surface area contributed by atoms with E-state index in [9.17, 15) is 0 Å². The third-order valence-electron chi connectivity index (χ3n) is 6.85. The average Bonchev–Trinajstić information content (AvgIpc) is 2.86. The summed E-state index contributed by atoms with van der Waals surface area (Å²) < 4.78 is 0. The maximum atomic E-state index is 3.80. The second kappa shape index (κ2) is 12.5. The Kier molecular flexibility index (Phi) is 13.8. The summed E-state index contributed by atoms with van der Waals surface area (Å²) in [6, 6.07) is 0. The van der Waals surface area contributed by atoms with Gasteiger partial charge in [-0.05, 0) is 59.2 Å². The van der Waals surface area contributed by atoms with E-state index in [1.54, 1.807) is 0 Å². The van der Waals surface area contributed by atoms with Crippen LogP contribution in [-0.4, -0.2) is 0 Å². The van der Waals surface area contributed by atoms with Gasteiger partial charge in [0, 0.05) is 0 Å². The molecule has 0 aromatic heterocycles. The summed E-state index contributed by atoms with van der Waals surface area (Å²) in [5.74, 6) is 15.0. The Morgan fingerprint density at radius 3 is 0.536 bits per heavy atom. The predicted octanol–water partition coefficient (Wildman–Crippen LogP) is 8.26. The Labute approximate surface area is 195 Å². The van der Waals surface area contributed by atoms with E-state index in [1.165, 1.54) is 59.2 Å². The van der Waals surface area contributed by atoms with Crippen LogP contribution in [0.2, 0.25) is 0 Å². The fraction of sp³-hybridized carbons (Fsp3) is 0.556. The van der Waals surface area contributed by atoms with Crippen molar-refractivity contribution < 1.29 is 21.7 Å². The van der Waals surface area contributed by atoms with E-state index in [2.05, 4.69) is 104 Å². The van der Waals surface area contributed by atoms with Gasteiger partial charge in [0.15, 0.2) is 0 Å². The fourth-order valence-electron chi connectivity index (χ4n) is 2.81. The summed E-state index contributed by atoms with van der Waals surface area (Å²) in [6.45, 7) is 36.0. The average molecular weight is 417 g/mol. The van der Waals surface area contributed by atoms with E-state index in [1.807, 2.05) is 0 Å². The third kappa shape index (κ3) is 8.09. The van der Waals surface area contributed by atoms with Gasteiger partial charge < -0.3 is 13.8 Å². The third-order valence-corrected chi connectivity index (χ3v) is 6.85. The van der Waals surface area contributed by atoms with Crippen molar-refractivity contribution in [3.05, 3.63) is 73.0 Å². The van der Waals surface area contributed by atoms with Gasteiger partial charge in [-0.1, -0.05) is 95.4 Å². The van der Waals surface area contributed by atoms with Gasteiger partial charge in [0.05, 0.1) is 0 Å². The van der Waals surface area contributed by atoms with Gasteiger partial charge in [0.25, 0.3) is 0 Å². The molecule has 0 amide bonds. The van der Waals surface area contributed by atoms with Crippen LogP contribution in [0.3, 0.4) is 0 Å². The van der Waals surface area contributed by atoms with Crippen molar-refractivity contribution >= 4 is 0 Å². The molecule has 0 aromatic carbocycles. The van der Waals surface area contributed by atoms with Crippen molar-refractivity contribution in [1.29, 1.82) is 0 Å². The summed E-state index contributed by atoms with van der Waals surface area (Å²) in [4.78, 5) is 0. The van der Waals surface area contributed by atoms with E-state index in [-0.39, 0.29) is 27.1 Å². The van der Waals surface area contributed by atoms with Crippen LogP contribution in [0, 0.1) is 84.4 Å². The van der Waals surface area contributed by atoms with Gasteiger partial charge in [-0.15, -0.1) is 0 Å². The van der Waals surface area contributed by atoms with Crippen LogP contribution in [0.4, 0.5) is 0 Å². The molecule has 2 saturated carbocycles. The number of rotatable bonds is 0. The summed E-state index contributed by atoms with van der Waals surface area (Å²) in [7, 11) is 0. The molecule has 28 heavy (non-hydrogen) atoms. The van der Waals surface area contributed by atoms with Crippen LogP contribution in [-0.2, 0) is 21.7 Å². The predicted molar refractivity (Wildman–Crippen MR) is 123 cm³/mol. The Morgan fingerprint density at radius 1 is 0.429 bits per heavy atom. The van der Waals surface area contributed by atoms with E-state index in [0.29, 0.717) is 5.92 Å². The maximum Gasteiger partial charge on any atom is 4.00 e. The van der Waals surface area contributed by atoms with Crippen molar-refractivity contribution in [3.63, 3.8) is 0 Å². The SMILES string of the molecule is C[C]1[C](C)[C](C)[C](C)[C]1C.C[C]1[C](C)[C](C)[C](C)[C]1C.[CH2-]C([CH2-])C(C)(C)C.[Ti+4]. The molecule has 0 bridgehead atoms. The summed E-state index contributed by atoms with van der Waals surface area (Å²) >= 11 is 0. The summed E-state index contributed by atoms with van der Waals surface area (Å²) in [5, 5.41) is 0. The first-order valence-corrected chi connectivity index (χ1v) is 10.1. The minimum atomic E-state index is 0. The van der Waals surface area contributed by atoms with Gasteiger partial charge >= 0.3 is 21.7 Å². The molecule has 0 N–H and O–H groups in total. The van der Waals surface area contributed by atoms with Crippen LogP contribution in [0.15, 0.2) is 0 Å². The summed E-state index contributed by atoms with van der Waals surface area (Å²) in [5.41, 5.74) is 0.278. The summed E-state index contributed by atoms with van der Waals surface area (Å²) in [6.07, 6.45) is 0. The van der Waals surface area contributed by atoms with Gasteiger partial charge in [-0.25, -0.2) is 0 Å². The molecule has 0 heterocycles. The minimum absolute atomic E-state index is 0. The van der Waals surface area contributed by atoms with Crippen LogP contribution in [0.25, 0.3) is 0 Å². The van der Waals surface area contributed by atoms with Crippen molar-refractivity contribution in [1.82, 2.24) is 0 Å². The zero-order valence-electron chi connectivity index (χ0n) is 21.0. The molecule has 10 radical (unpaired) electrons. The molecule has 0 saturated heterocycles. The smallest absolute Gasteiger partial charge is 0.369 e. The second-order valence-corrected chi connectivity index (χ2v) is 9.31. The second-order valence-electron chi connectivity index (χ2n) is 9.31. The standard InChI is InChI=1S/2C10H15.C7H14.Ti/c2*1-6-7(2)9(4)10(5)8(6)3;1-6(2)7(3,4)5;/h2*1-5H3;6H,1-2H2,3-5H3;/q;;-2;+4. The molecule has 0 nitrogen and oxygen atoms in total. The van der Waals surface area contributed by atoms with Gasteiger partial charge in [0.2, 0.25) is 0 Å². The van der Waals surface area contributed by atoms with Crippen molar-refractivity contribution in [2.24, 2.45) is 11.3 Å². The molecule has 0 atom stereocenters. The molecular weight excluding hydrogens is 372 g/mol. The Balaban J connectivity index is 0. The van der Waals surface area contributed by atoms with Crippen LogP contribution < -0.4 is 0 Å². The Hall–Kier alpha value is 0.714. The molecule has 0 aromatic rings. The molecule has 154 valence electrons. The van der Waals surface area contributed by atoms with Crippen LogP contribution in [0.5, 0.6) is 0 Å². The van der Waals surface area contributed by atoms with Crippen molar-refractivity contribution in [2.45, 2.75) is 90.0 Å². The molecule has 2 aliphatic rings. The molecule has 2 aliphatic carbocycles. The topological polar surface area (TPSA) is 0 Å². The first kappa shape index (κ1) is 30.9. The van der Waals surface area contributed by atoms with Crippen LogP contribution >= 0.6 is 0 Å². The zero-order valence-corrected chi connectivity index (χ0v) is 22.6. The maximum absolute atomic E-state index is 3.80. The Bertz CT molecular complexity index is 287. The Morgan fingerprint density at radius 2 is 0.500 bits per heavy atom. The minimum Gasteiger partial charge on any atom is -0.369 e. The normalized spacial score (nSPS) is 23.6. The largest absolute Gasteiger partial charge is 4.00 e. The fourth-order valence-corrected chi connectivity index (χ4v) is 2.81. The number of hydrogen-bond donors (Lipinski definition) is 0. The van der Waals surface area contributed by atoms with Crippen molar-refractivity contribution in [3.8, 4) is 0 Å². The molecule has 0 aliphatic heterocycles. The number of hydrogen-bond acceptors (Lipinski definition) is 0. The molecule has 1 heteroatoms. The van der Waals surface area contributed by atoms with Gasteiger partial charge in [-0.3, -0.25) is 5.92 Å². The molecule has 0 unspecified atom stereocenters. The monoisotopic (exact) mass is 416 g/mol. The molecular formula is C27H44Ti+2. The van der Waals surface area contributed by atoms with E-state index < -0.39 is 0 Å². The van der Waals surface area contributed by atoms with Crippen LogP contribution in [0.1, 0.15) is 90.0 Å². The van der Waals surface area contributed by atoms with Crippen molar-refractivity contribution in [2.75, 3.05) is 0 Å². The van der Waals surface area contributed by atoms with Gasteiger partial charge in [0.1, 0.15) is 0 Å². The zero-order chi connectivity index (χ0) is 21.9. The molecule has 0 spiro atoms.